The van der Waals surface area contributed by atoms with Crippen molar-refractivity contribution in [1.29, 1.82) is 0 Å². The Kier molecular flexibility index (Phi) is 6.87. The van der Waals surface area contributed by atoms with Crippen molar-refractivity contribution in [2.24, 2.45) is 0 Å². The number of ether oxygens (including phenoxy) is 1. The lowest BCUT2D eigenvalue weighted by molar-refractivity contribution is -0.121. The molecule has 0 aliphatic rings. The summed E-state index contributed by atoms with van der Waals surface area (Å²) in [7, 11) is 0. The summed E-state index contributed by atoms with van der Waals surface area (Å²) in [6.07, 6.45) is 1.58. The first-order valence-electron chi connectivity index (χ1n) is 8.01. The highest BCUT2D eigenvalue weighted by Crippen LogP contribution is 2.17. The molecule has 7 heteroatoms. The van der Waals surface area contributed by atoms with E-state index < -0.39 is 0 Å². The number of carbonyl (C=O) groups is 1. The summed E-state index contributed by atoms with van der Waals surface area (Å²) in [5.74, 6) is 0.230. The van der Waals surface area contributed by atoms with Gasteiger partial charge in [0.25, 0.3) is 0 Å². The highest BCUT2D eigenvalue weighted by atomic mass is 19.1. The van der Waals surface area contributed by atoms with Crippen LogP contribution in [0, 0.1) is 5.82 Å². The van der Waals surface area contributed by atoms with Gasteiger partial charge in [-0.15, -0.1) is 0 Å². The highest BCUT2D eigenvalue weighted by Gasteiger charge is 2.11. The van der Waals surface area contributed by atoms with Crippen LogP contribution in [0.5, 0.6) is 0 Å². The first-order valence-corrected chi connectivity index (χ1v) is 8.01. The molecular weight excluding hydrogens is 313 g/mol. The summed E-state index contributed by atoms with van der Waals surface area (Å²) in [5.41, 5.74) is 0.541. The molecule has 1 amide bonds. The monoisotopic (exact) mass is 335 g/mol. The first-order chi connectivity index (χ1) is 11.5. The van der Waals surface area contributed by atoms with Crippen LogP contribution in [-0.2, 0) is 16.0 Å². The number of hydrogen-bond acceptors (Lipinski definition) is 5. The summed E-state index contributed by atoms with van der Waals surface area (Å²) >= 11 is 0. The average Bonchev–Trinajstić information content (AvgIpc) is 3.01. The van der Waals surface area contributed by atoms with E-state index in [2.05, 4.69) is 15.5 Å². The topological polar surface area (TPSA) is 77.2 Å². The Morgan fingerprint density at radius 3 is 3.00 bits per heavy atom. The quantitative estimate of drug-likeness (QED) is 0.713. The fourth-order valence-corrected chi connectivity index (χ4v) is 2.03. The average molecular weight is 335 g/mol. The maximum absolute atomic E-state index is 13.2. The van der Waals surface area contributed by atoms with Crippen LogP contribution >= 0.6 is 0 Å². The first kappa shape index (κ1) is 18.1. The van der Waals surface area contributed by atoms with Gasteiger partial charge in [-0.05, 0) is 32.4 Å². The Labute approximate surface area is 140 Å². The molecule has 2 aromatic rings. The van der Waals surface area contributed by atoms with Crippen LogP contribution in [0.3, 0.4) is 0 Å². The molecule has 0 fully saturated rings. The normalized spacial score (nSPS) is 11.0. The minimum Gasteiger partial charge on any atom is -0.379 e. The van der Waals surface area contributed by atoms with Gasteiger partial charge in [-0.3, -0.25) is 4.79 Å². The fourth-order valence-electron chi connectivity index (χ4n) is 2.03. The van der Waals surface area contributed by atoms with Gasteiger partial charge in [0.15, 0.2) is 0 Å². The Morgan fingerprint density at radius 1 is 1.42 bits per heavy atom. The molecule has 0 unspecified atom stereocenters. The van der Waals surface area contributed by atoms with Crippen molar-refractivity contribution in [3.63, 3.8) is 0 Å². The minimum atomic E-state index is -0.361. The molecule has 0 aliphatic carbocycles. The largest absolute Gasteiger partial charge is 0.379 e. The summed E-state index contributed by atoms with van der Waals surface area (Å²) in [4.78, 5) is 15.9. The van der Waals surface area contributed by atoms with Gasteiger partial charge in [0.1, 0.15) is 5.82 Å². The molecule has 0 saturated heterocycles. The van der Waals surface area contributed by atoms with Crippen molar-refractivity contribution < 1.29 is 18.4 Å². The van der Waals surface area contributed by atoms with Crippen molar-refractivity contribution in [2.45, 2.75) is 39.2 Å². The summed E-state index contributed by atoms with van der Waals surface area (Å²) in [6.45, 7) is 5.14. The predicted octanol–water partition coefficient (Wildman–Crippen LogP) is 2.74. The molecule has 1 N–H and O–H groups in total. The molecule has 0 atom stereocenters. The van der Waals surface area contributed by atoms with E-state index in [1.807, 2.05) is 13.8 Å². The van der Waals surface area contributed by atoms with E-state index >= 15 is 0 Å². The molecule has 130 valence electrons. The van der Waals surface area contributed by atoms with Gasteiger partial charge < -0.3 is 14.6 Å². The molecule has 0 aliphatic heterocycles. The summed E-state index contributed by atoms with van der Waals surface area (Å²) in [5, 5.41) is 6.62. The zero-order chi connectivity index (χ0) is 17.4. The number of nitrogens with zero attached hydrogens (tertiary/aromatic N) is 2. The highest BCUT2D eigenvalue weighted by molar-refractivity contribution is 5.75. The maximum Gasteiger partial charge on any atom is 0.227 e. The van der Waals surface area contributed by atoms with E-state index in [0.717, 1.165) is 6.42 Å². The number of halogens is 1. The Morgan fingerprint density at radius 2 is 2.25 bits per heavy atom. The minimum absolute atomic E-state index is 0.0787. The summed E-state index contributed by atoms with van der Waals surface area (Å²) in [6, 6.07) is 5.96. The number of rotatable bonds is 9. The van der Waals surface area contributed by atoms with Gasteiger partial charge in [0.2, 0.25) is 17.6 Å². The van der Waals surface area contributed by atoms with Gasteiger partial charge in [0.05, 0.1) is 6.10 Å². The maximum atomic E-state index is 13.2. The molecule has 24 heavy (non-hydrogen) atoms. The Hall–Kier alpha value is -2.28. The van der Waals surface area contributed by atoms with Crippen LogP contribution in [0.4, 0.5) is 4.39 Å². The van der Waals surface area contributed by atoms with Gasteiger partial charge in [-0.1, -0.05) is 17.3 Å². The van der Waals surface area contributed by atoms with Gasteiger partial charge in [-0.2, -0.15) is 4.98 Å². The number of aryl methyl sites for hydroxylation is 1. The molecule has 6 nitrogen and oxygen atoms in total. The van der Waals surface area contributed by atoms with E-state index in [0.29, 0.717) is 36.9 Å². The predicted molar refractivity (Wildman–Crippen MR) is 86.7 cm³/mol. The van der Waals surface area contributed by atoms with Crippen LogP contribution in [0.15, 0.2) is 28.8 Å². The zero-order valence-electron chi connectivity index (χ0n) is 13.9. The van der Waals surface area contributed by atoms with Crippen molar-refractivity contribution in [1.82, 2.24) is 15.5 Å². The van der Waals surface area contributed by atoms with Crippen LogP contribution < -0.4 is 5.32 Å². The lowest BCUT2D eigenvalue weighted by Gasteiger charge is -2.07. The second kappa shape index (κ2) is 9.12. The van der Waals surface area contributed by atoms with E-state index in [1.54, 1.807) is 12.1 Å². The van der Waals surface area contributed by atoms with Crippen molar-refractivity contribution >= 4 is 5.91 Å². The third-order valence-electron chi connectivity index (χ3n) is 3.21. The SMILES string of the molecule is CC(C)OCCCNC(=O)CCc1nc(-c2cccc(F)c2)no1. The van der Waals surface area contributed by atoms with E-state index in [4.69, 9.17) is 9.26 Å². The Balaban J connectivity index is 1.72. The van der Waals surface area contributed by atoms with Crippen molar-refractivity contribution in [3.8, 4) is 11.4 Å². The lowest BCUT2D eigenvalue weighted by Crippen LogP contribution is -2.25. The molecule has 0 saturated carbocycles. The number of benzene rings is 1. The number of amides is 1. The third-order valence-corrected chi connectivity index (χ3v) is 3.21. The van der Waals surface area contributed by atoms with Crippen molar-refractivity contribution in [2.75, 3.05) is 13.2 Å². The smallest absolute Gasteiger partial charge is 0.227 e. The Bertz CT molecular complexity index is 658. The number of carbonyl (C=O) groups excluding carboxylic acids is 1. The van der Waals surface area contributed by atoms with Crippen LogP contribution in [0.25, 0.3) is 11.4 Å². The van der Waals surface area contributed by atoms with Gasteiger partial charge in [-0.25, -0.2) is 4.39 Å². The van der Waals surface area contributed by atoms with Gasteiger partial charge in [0, 0.05) is 31.6 Å². The second-order valence-electron chi connectivity index (χ2n) is 5.65. The molecule has 0 radical (unpaired) electrons. The fraction of sp³-hybridized carbons (Fsp3) is 0.471. The van der Waals surface area contributed by atoms with Crippen molar-refractivity contribution in [3.05, 3.63) is 36.0 Å². The van der Waals surface area contributed by atoms with E-state index in [1.165, 1.54) is 12.1 Å². The van der Waals surface area contributed by atoms with Crippen LogP contribution in [0.2, 0.25) is 0 Å². The van der Waals surface area contributed by atoms with E-state index in [-0.39, 0.29) is 24.2 Å². The lowest BCUT2D eigenvalue weighted by atomic mass is 10.2. The molecule has 0 spiro atoms. The molecule has 1 aromatic carbocycles. The third kappa shape index (κ3) is 6.08. The molecule has 1 aromatic heterocycles. The van der Waals surface area contributed by atoms with Gasteiger partial charge >= 0.3 is 0 Å². The standard InChI is InChI=1S/C17H22FN3O3/c1-12(2)23-10-4-9-19-15(22)7-8-16-20-17(21-24-16)13-5-3-6-14(18)11-13/h3,5-6,11-12H,4,7-10H2,1-2H3,(H,19,22). The number of nitrogens with one attached hydrogen (secondary N) is 1. The second-order valence-corrected chi connectivity index (χ2v) is 5.65. The molecule has 2 rings (SSSR count). The molecule has 1 heterocycles. The number of hydrogen-bond donors (Lipinski definition) is 1. The van der Waals surface area contributed by atoms with E-state index in [9.17, 15) is 9.18 Å². The summed E-state index contributed by atoms with van der Waals surface area (Å²) < 4.78 is 23.7. The molecule has 0 bridgehead atoms. The zero-order valence-corrected chi connectivity index (χ0v) is 13.9. The van der Waals surface area contributed by atoms with Crippen LogP contribution in [-0.4, -0.2) is 35.3 Å². The molecular formula is C17H22FN3O3. The van der Waals surface area contributed by atoms with Crippen LogP contribution in [0.1, 0.15) is 32.6 Å². The number of aromatic nitrogens is 2.